The van der Waals surface area contributed by atoms with Gasteiger partial charge in [0.1, 0.15) is 0 Å². The third kappa shape index (κ3) is 5.81. The molecule has 2 nitrogen and oxygen atoms in total. The molecule has 0 saturated heterocycles. The molecular formula is H3I2N2P. The summed E-state index contributed by atoms with van der Waals surface area (Å²) in [5.41, 5.74) is 5.11. The molecule has 0 saturated carbocycles. The van der Waals surface area contributed by atoms with Gasteiger partial charge >= 0.3 is 0 Å². The highest BCUT2D eigenvalue weighted by Crippen LogP contribution is 2.19. The number of hydrogen-bond acceptors (Lipinski definition) is 2. The van der Waals surface area contributed by atoms with Crippen LogP contribution in [-0.4, -0.2) is 1.10 Å². The van der Waals surface area contributed by atoms with Crippen LogP contribution in [0.3, 0.4) is 0 Å². The van der Waals surface area contributed by atoms with Crippen molar-refractivity contribution in [3.8, 4) is 0 Å². The van der Waals surface area contributed by atoms with Crippen LogP contribution in [-0.2, 0) is 0 Å². The minimum Gasteiger partial charge on any atom is -0.299 e. The Kier molecular flexibility index (Phi) is 5.42. The summed E-state index contributed by atoms with van der Waals surface area (Å²) in [5, 5.41) is 0. The van der Waals surface area contributed by atoms with Crippen molar-refractivity contribution in [2.75, 3.05) is 0 Å². The van der Waals surface area contributed by atoms with Gasteiger partial charge in [0.2, 0.25) is 0 Å². The summed E-state index contributed by atoms with van der Waals surface area (Å²) >= 11 is 4.23. The van der Waals surface area contributed by atoms with Crippen molar-refractivity contribution in [3.05, 3.63) is 0 Å². The Morgan fingerprint density at radius 1 is 1.60 bits per heavy atom. The zero-order valence-electron chi connectivity index (χ0n) is 2.28. The lowest BCUT2D eigenvalue weighted by Crippen LogP contribution is -1.79. The molecule has 0 bridgehead atoms. The van der Waals surface area contributed by atoms with Gasteiger partial charge in [0.25, 0.3) is 0 Å². The monoisotopic (exact) mass is 316 g/mol. The Hall–Kier alpha value is 1.81. The van der Waals surface area contributed by atoms with E-state index in [1.54, 1.807) is 0 Å². The van der Waals surface area contributed by atoms with Crippen LogP contribution in [0.1, 0.15) is 0 Å². The Bertz CT molecular complexity index is 21.6. The van der Waals surface area contributed by atoms with Crippen molar-refractivity contribution in [1.29, 1.82) is 0 Å². The molecule has 0 aliphatic rings. The van der Waals surface area contributed by atoms with Crippen LogP contribution in [0.2, 0.25) is 0 Å². The molecular weight excluding hydrogens is 313 g/mol. The fourth-order valence-corrected chi connectivity index (χ4v) is 0. The minimum atomic E-state index is 0.421. The molecule has 32 valence electrons. The topological polar surface area (TPSA) is 29.3 Å². The Morgan fingerprint density at radius 2 is 1.80 bits per heavy atom. The van der Waals surface area contributed by atoms with E-state index in [1.165, 1.54) is 0 Å². The standard InChI is InChI=1S/H3I2N2P/c1-4(2)5-3/h5H,3H2. The maximum Gasteiger partial charge on any atom is 0.0392 e. The fraction of sp³-hybridized carbons (Fsp3) is 0. The van der Waals surface area contributed by atoms with Crippen LogP contribution >= 0.6 is 54.6 Å². The summed E-state index contributed by atoms with van der Waals surface area (Å²) in [6, 6.07) is 0. The van der Waals surface area contributed by atoms with E-state index >= 15 is 0 Å². The Balaban J connectivity index is 2.54. The van der Waals surface area contributed by atoms with Crippen LogP contribution in [0, 0.1) is 0 Å². The molecule has 0 amide bonds. The zero-order valence-corrected chi connectivity index (χ0v) is 7.60. The lowest BCUT2D eigenvalue weighted by atomic mass is 13.9. The van der Waals surface area contributed by atoms with E-state index in [0.29, 0.717) is 8.88 Å². The average molecular weight is 316 g/mol. The van der Waals surface area contributed by atoms with Crippen molar-refractivity contribution in [1.82, 2.24) is 1.10 Å². The number of nitrogens with zero attached hydrogens (tertiary/aromatic N) is 1. The molecule has 0 spiro atoms. The van der Waals surface area contributed by atoms with Gasteiger partial charge in [0, 0.05) is 54.6 Å². The van der Waals surface area contributed by atoms with Crippen LogP contribution in [0.4, 0.5) is 0 Å². The summed E-state index contributed by atoms with van der Waals surface area (Å²) in [6.07, 6.45) is 0. The van der Waals surface area contributed by atoms with E-state index in [0.717, 1.165) is 0 Å². The van der Waals surface area contributed by atoms with Gasteiger partial charge < -0.3 is 0 Å². The third-order valence-electron chi connectivity index (χ3n) is 0.0976. The maximum absolute atomic E-state index is 5.11. The summed E-state index contributed by atoms with van der Waals surface area (Å²) in [6.45, 7) is 0. The van der Waals surface area contributed by atoms with Gasteiger partial charge in [0.05, 0.1) is 0 Å². The first kappa shape index (κ1) is 6.81. The van der Waals surface area contributed by atoms with Gasteiger partial charge in [-0.15, -0.1) is 0 Å². The summed E-state index contributed by atoms with van der Waals surface area (Å²) in [5.74, 6) is 0. The molecule has 0 heterocycles. The van der Waals surface area contributed by atoms with Crippen molar-refractivity contribution >= 4 is 54.6 Å². The molecule has 0 aromatic heterocycles. The molecule has 1 unspecified atom stereocenters. The molecule has 0 aromatic carbocycles. The van der Waals surface area contributed by atoms with Gasteiger partial charge in [-0.2, -0.15) is 1.10 Å². The van der Waals surface area contributed by atoms with Crippen molar-refractivity contribution < 1.29 is 0 Å². The van der Waals surface area contributed by atoms with Gasteiger partial charge in [-0.25, -0.2) is 0 Å². The fourth-order valence-electron chi connectivity index (χ4n) is 0. The second kappa shape index (κ2) is 3.98. The van der Waals surface area contributed by atoms with Crippen LogP contribution < -0.4 is 5.50 Å². The second-order valence-electron chi connectivity index (χ2n) is 0.362. The molecule has 0 rings (SSSR count). The SMILES string of the molecule is NPN(I)I. The average Bonchev–Trinajstić information content (AvgIpc) is 1.38. The van der Waals surface area contributed by atoms with E-state index in [-0.39, 0.29) is 0 Å². The lowest BCUT2D eigenvalue weighted by Gasteiger charge is -1.92. The van der Waals surface area contributed by atoms with Crippen LogP contribution in [0.5, 0.6) is 0 Å². The predicted octanol–water partition coefficient (Wildman–Crippen LogP) is 1.46. The Labute approximate surface area is 60.7 Å². The van der Waals surface area contributed by atoms with Crippen LogP contribution in [0.25, 0.3) is 0 Å². The van der Waals surface area contributed by atoms with E-state index < -0.39 is 0 Å². The Morgan fingerprint density at radius 3 is 1.80 bits per heavy atom. The first-order valence-electron chi connectivity index (χ1n) is 0.850. The first-order valence-corrected chi connectivity index (χ1v) is 3.80. The highest BCUT2D eigenvalue weighted by Gasteiger charge is 1.78. The molecule has 5 heteroatoms. The molecule has 0 aliphatic heterocycles. The third-order valence-corrected chi connectivity index (χ3v) is 1.96. The number of nitrogens with two attached hydrogens (primary N) is 1. The van der Waals surface area contributed by atoms with Crippen molar-refractivity contribution in [2.24, 2.45) is 5.50 Å². The van der Waals surface area contributed by atoms with E-state index in [9.17, 15) is 0 Å². The molecule has 2 N–H and O–H groups in total. The number of halogens is 2. The maximum atomic E-state index is 5.11. The molecule has 0 aliphatic carbocycles. The summed E-state index contributed by atoms with van der Waals surface area (Å²) in [4.78, 5) is 0. The van der Waals surface area contributed by atoms with E-state index in [1.807, 2.05) is 1.10 Å². The van der Waals surface area contributed by atoms with Gasteiger partial charge in [-0.1, -0.05) is 0 Å². The summed E-state index contributed by atoms with van der Waals surface area (Å²) in [7, 11) is 0.421. The smallest absolute Gasteiger partial charge is 0.0392 e. The quantitative estimate of drug-likeness (QED) is 0.451. The van der Waals surface area contributed by atoms with Crippen LogP contribution in [0.15, 0.2) is 0 Å². The number of rotatable bonds is 1. The second-order valence-corrected chi connectivity index (χ2v) is 6.66. The largest absolute Gasteiger partial charge is 0.299 e. The van der Waals surface area contributed by atoms with Gasteiger partial charge in [0.15, 0.2) is 0 Å². The minimum absolute atomic E-state index is 0.421. The number of hydrogen-bond donors (Lipinski definition) is 1. The molecule has 1 atom stereocenters. The zero-order chi connectivity index (χ0) is 4.28. The molecule has 0 fully saturated rings. The van der Waals surface area contributed by atoms with E-state index in [4.69, 9.17) is 5.50 Å². The highest BCUT2D eigenvalue weighted by molar-refractivity contribution is 14.2. The van der Waals surface area contributed by atoms with Crippen molar-refractivity contribution in [2.45, 2.75) is 0 Å². The van der Waals surface area contributed by atoms with Gasteiger partial charge in [-0.3, -0.25) is 5.50 Å². The lowest BCUT2D eigenvalue weighted by molar-refractivity contribution is 1.45. The molecule has 5 heavy (non-hydrogen) atoms. The van der Waals surface area contributed by atoms with Crippen molar-refractivity contribution in [3.63, 3.8) is 0 Å². The van der Waals surface area contributed by atoms with E-state index in [2.05, 4.69) is 45.7 Å². The first-order chi connectivity index (χ1) is 2.27. The molecule has 0 aromatic rings. The summed E-state index contributed by atoms with van der Waals surface area (Å²) < 4.78 is 1.87. The highest BCUT2D eigenvalue weighted by atomic mass is 127. The predicted molar refractivity (Wildman–Crippen MR) is 42.4 cm³/mol. The normalized spacial score (nSPS) is 12.0. The molecule has 0 radical (unpaired) electrons. The van der Waals surface area contributed by atoms with Gasteiger partial charge in [-0.05, 0) is 0 Å².